The van der Waals surface area contributed by atoms with Crippen LogP contribution in [0.2, 0.25) is 0 Å². The molecule has 0 amide bonds. The first-order chi connectivity index (χ1) is 13.3. The zero-order valence-electron chi connectivity index (χ0n) is 18.5. The molecular weight excluding hydrogens is 348 g/mol. The van der Waals surface area contributed by atoms with Gasteiger partial charge in [0.1, 0.15) is 0 Å². The van der Waals surface area contributed by atoms with Crippen molar-refractivity contribution in [1.82, 2.24) is 9.55 Å². The summed E-state index contributed by atoms with van der Waals surface area (Å²) in [6, 6.07) is 2.29. The highest BCUT2D eigenvalue weighted by Crippen LogP contribution is 2.38. The summed E-state index contributed by atoms with van der Waals surface area (Å²) in [5, 5.41) is 0. The second-order valence-corrected chi connectivity index (χ2v) is 8.67. The fourth-order valence-corrected chi connectivity index (χ4v) is 4.27. The number of hydrogen-bond acceptors (Lipinski definition) is 3. The lowest BCUT2D eigenvalue weighted by molar-refractivity contribution is -0.313. The van der Waals surface area contributed by atoms with E-state index in [1.54, 1.807) is 0 Å². The average molecular weight is 385 g/mol. The number of nitrogens with zero attached hydrogens (tertiary/aromatic N) is 2. The van der Waals surface area contributed by atoms with Gasteiger partial charge < -0.3 is 14.0 Å². The number of imidazole rings is 1. The predicted molar refractivity (Wildman–Crippen MR) is 114 cm³/mol. The van der Waals surface area contributed by atoms with Gasteiger partial charge >= 0.3 is 0 Å². The van der Waals surface area contributed by atoms with Gasteiger partial charge in [0.25, 0.3) is 0 Å². The normalized spacial score (nSPS) is 18.4. The molecule has 3 rings (SSSR count). The Balaban J connectivity index is 1.83. The molecule has 1 aliphatic rings. The molecule has 0 bridgehead atoms. The second-order valence-electron chi connectivity index (χ2n) is 8.67. The van der Waals surface area contributed by atoms with Crippen LogP contribution in [0, 0.1) is 33.1 Å². The van der Waals surface area contributed by atoms with Gasteiger partial charge in [-0.05, 0) is 74.8 Å². The van der Waals surface area contributed by atoms with Crippen LogP contribution in [-0.4, -0.2) is 28.6 Å². The van der Waals surface area contributed by atoms with Gasteiger partial charge in [0.2, 0.25) is 0 Å². The van der Waals surface area contributed by atoms with E-state index in [1.807, 2.05) is 18.7 Å². The van der Waals surface area contributed by atoms with Crippen LogP contribution in [0.15, 0.2) is 24.8 Å². The number of benzene rings is 1. The van der Waals surface area contributed by atoms with Crippen LogP contribution in [-0.2, 0) is 22.4 Å². The number of aromatic nitrogens is 2. The number of aryl methyl sites for hydroxylation is 2. The molecule has 154 valence electrons. The van der Waals surface area contributed by atoms with E-state index in [0.717, 1.165) is 38.9 Å². The van der Waals surface area contributed by atoms with E-state index in [4.69, 9.17) is 9.47 Å². The Bertz CT molecular complexity index is 755. The minimum atomic E-state index is -0.592. The highest BCUT2D eigenvalue weighted by Gasteiger charge is 2.43. The van der Waals surface area contributed by atoms with Crippen molar-refractivity contribution >= 4 is 0 Å². The predicted octanol–water partition coefficient (Wildman–Crippen LogP) is 5.30. The molecule has 0 spiro atoms. The average Bonchev–Trinajstić information content (AvgIpc) is 3.20. The molecule has 0 atom stereocenters. The van der Waals surface area contributed by atoms with Crippen LogP contribution in [0.3, 0.4) is 0 Å². The van der Waals surface area contributed by atoms with Gasteiger partial charge in [-0.2, -0.15) is 0 Å². The number of ether oxygens (including phenoxy) is 2. The van der Waals surface area contributed by atoms with E-state index in [1.165, 1.54) is 27.8 Å². The fourth-order valence-electron chi connectivity index (χ4n) is 4.27. The van der Waals surface area contributed by atoms with Crippen LogP contribution in [0.1, 0.15) is 60.9 Å². The van der Waals surface area contributed by atoms with Gasteiger partial charge in [0.05, 0.1) is 26.1 Å². The summed E-state index contributed by atoms with van der Waals surface area (Å²) in [5.74, 6) is -0.592. The van der Waals surface area contributed by atoms with E-state index in [2.05, 4.69) is 57.2 Å². The van der Waals surface area contributed by atoms with Gasteiger partial charge in [0, 0.05) is 24.2 Å². The highest BCUT2D eigenvalue weighted by molar-refractivity contribution is 5.44. The summed E-state index contributed by atoms with van der Waals surface area (Å²) < 4.78 is 15.1. The quantitative estimate of drug-likeness (QED) is 0.650. The zero-order chi connectivity index (χ0) is 20.4. The minimum Gasteiger partial charge on any atom is -0.347 e. The molecule has 1 aromatic heterocycles. The van der Waals surface area contributed by atoms with Crippen molar-refractivity contribution in [2.75, 3.05) is 13.2 Å². The van der Waals surface area contributed by atoms with Crippen LogP contribution < -0.4 is 0 Å². The molecule has 2 heterocycles. The van der Waals surface area contributed by atoms with Gasteiger partial charge in [-0.15, -0.1) is 0 Å². The molecule has 0 saturated carbocycles. The topological polar surface area (TPSA) is 36.3 Å². The Hall–Kier alpha value is -1.65. The summed E-state index contributed by atoms with van der Waals surface area (Å²) in [6.45, 7) is 15.6. The number of rotatable bonds is 7. The third kappa shape index (κ3) is 4.18. The summed E-state index contributed by atoms with van der Waals surface area (Å²) in [5.41, 5.74) is 7.11. The molecule has 1 saturated heterocycles. The van der Waals surface area contributed by atoms with Crippen LogP contribution in [0.25, 0.3) is 0 Å². The van der Waals surface area contributed by atoms with Crippen LogP contribution in [0.4, 0.5) is 0 Å². The lowest BCUT2D eigenvalue weighted by Crippen LogP contribution is -2.51. The maximum absolute atomic E-state index is 6.53. The Morgan fingerprint density at radius 1 is 1.00 bits per heavy atom. The molecule has 4 nitrogen and oxygen atoms in total. The van der Waals surface area contributed by atoms with Crippen molar-refractivity contribution in [2.24, 2.45) is 5.41 Å². The Morgan fingerprint density at radius 3 is 2.11 bits per heavy atom. The first kappa shape index (κ1) is 21.1. The third-order valence-corrected chi connectivity index (χ3v) is 7.04. The van der Waals surface area contributed by atoms with Gasteiger partial charge in [0.15, 0.2) is 5.79 Å². The number of hydrogen-bond donors (Lipinski definition) is 0. The lowest BCUT2D eigenvalue weighted by Gasteiger charge is -2.46. The summed E-state index contributed by atoms with van der Waals surface area (Å²) in [4.78, 5) is 4.20. The van der Waals surface area contributed by atoms with Crippen molar-refractivity contribution in [2.45, 2.75) is 79.6 Å². The molecule has 4 heteroatoms. The van der Waals surface area contributed by atoms with Crippen molar-refractivity contribution in [3.8, 4) is 0 Å². The Kier molecular flexibility index (Phi) is 6.31. The molecule has 0 radical (unpaired) electrons. The monoisotopic (exact) mass is 384 g/mol. The molecular formula is C24H36N2O2. The standard InChI is InChI=1S/C24H36N2O2/c1-7-23(8-2)15-27-24(28-16-23,14-26-12-11-25-17-26)10-9-22-20(5)18(3)13-19(4)21(22)6/h11-13,17H,7-10,14-16H2,1-6H3. The van der Waals surface area contributed by atoms with Crippen molar-refractivity contribution < 1.29 is 9.47 Å². The highest BCUT2D eigenvalue weighted by atomic mass is 16.7. The van der Waals surface area contributed by atoms with E-state index in [9.17, 15) is 0 Å². The minimum absolute atomic E-state index is 0.143. The largest absolute Gasteiger partial charge is 0.347 e. The molecule has 1 fully saturated rings. The SMILES string of the molecule is CCC1(CC)COC(CCc2c(C)c(C)cc(C)c2C)(Cn2ccnc2)OC1. The van der Waals surface area contributed by atoms with Crippen molar-refractivity contribution in [3.05, 3.63) is 52.6 Å². The molecule has 2 aromatic rings. The Morgan fingerprint density at radius 2 is 1.61 bits per heavy atom. The fraction of sp³-hybridized carbons (Fsp3) is 0.625. The van der Waals surface area contributed by atoms with Crippen LogP contribution >= 0.6 is 0 Å². The third-order valence-electron chi connectivity index (χ3n) is 7.04. The molecule has 28 heavy (non-hydrogen) atoms. The lowest BCUT2D eigenvalue weighted by atomic mass is 9.82. The molecule has 0 aliphatic carbocycles. The van der Waals surface area contributed by atoms with Crippen LogP contribution in [0.5, 0.6) is 0 Å². The molecule has 1 aliphatic heterocycles. The van der Waals surface area contributed by atoms with Crippen molar-refractivity contribution in [1.29, 1.82) is 0 Å². The first-order valence-corrected chi connectivity index (χ1v) is 10.6. The van der Waals surface area contributed by atoms with Crippen molar-refractivity contribution in [3.63, 3.8) is 0 Å². The summed E-state index contributed by atoms with van der Waals surface area (Å²) in [6.07, 6.45) is 9.63. The van der Waals surface area contributed by atoms with E-state index < -0.39 is 5.79 Å². The second kappa shape index (κ2) is 8.38. The molecule has 0 N–H and O–H groups in total. The molecule has 0 unspecified atom stereocenters. The van der Waals surface area contributed by atoms with Gasteiger partial charge in [-0.1, -0.05) is 19.9 Å². The van der Waals surface area contributed by atoms with Gasteiger partial charge in [-0.25, -0.2) is 4.98 Å². The zero-order valence-corrected chi connectivity index (χ0v) is 18.5. The molecule has 1 aromatic carbocycles. The van der Waals surface area contributed by atoms with E-state index in [0.29, 0.717) is 6.54 Å². The summed E-state index contributed by atoms with van der Waals surface area (Å²) >= 11 is 0. The van der Waals surface area contributed by atoms with E-state index in [-0.39, 0.29) is 5.41 Å². The first-order valence-electron chi connectivity index (χ1n) is 10.6. The smallest absolute Gasteiger partial charge is 0.186 e. The van der Waals surface area contributed by atoms with Gasteiger partial charge in [-0.3, -0.25) is 0 Å². The summed E-state index contributed by atoms with van der Waals surface area (Å²) in [7, 11) is 0. The Labute approximate surface area is 170 Å². The van der Waals surface area contributed by atoms with E-state index >= 15 is 0 Å². The maximum Gasteiger partial charge on any atom is 0.186 e. The maximum atomic E-state index is 6.53.